The summed E-state index contributed by atoms with van der Waals surface area (Å²) in [6.07, 6.45) is 0. The molecule has 0 aliphatic rings. The Morgan fingerprint density at radius 1 is 1.15 bits per heavy atom. The van der Waals surface area contributed by atoms with E-state index < -0.39 is 5.91 Å². The van der Waals surface area contributed by atoms with Crippen LogP contribution in [0.25, 0.3) is 0 Å². The largest absolute Gasteiger partial charge is 0.488 e. The zero-order valence-corrected chi connectivity index (χ0v) is 15.5. The second kappa shape index (κ2) is 9.22. The predicted octanol–water partition coefficient (Wildman–Crippen LogP) is 1.36. The zero-order valence-electron chi connectivity index (χ0n) is 14.8. The van der Waals surface area contributed by atoms with Gasteiger partial charge in [-0.05, 0) is 55.5 Å². The lowest BCUT2D eigenvalue weighted by atomic mass is 10.2. The highest BCUT2D eigenvalue weighted by Gasteiger charge is 2.21. The molecule has 1 unspecified atom stereocenters. The Hall–Kier alpha value is -2.57. The van der Waals surface area contributed by atoms with E-state index in [-0.39, 0.29) is 11.9 Å². The topological polar surface area (TPSA) is 85.9 Å². The van der Waals surface area contributed by atoms with Crippen molar-refractivity contribution in [3.63, 3.8) is 0 Å². The molecule has 0 aliphatic carbocycles. The number of halogens is 1. The number of benzene rings is 2. The molecule has 2 aromatic rings. The molecule has 0 saturated heterocycles. The van der Waals surface area contributed by atoms with Crippen LogP contribution >= 0.6 is 11.6 Å². The minimum atomic E-state index is -0.499. The SMILES string of the molecule is C[C@@H](C(=O)Nc1ccc(C(N)=O)cc1)[NH+](C)CCOc1ccc(Cl)cc1. The molecule has 0 spiro atoms. The van der Waals surface area contributed by atoms with Gasteiger partial charge >= 0.3 is 0 Å². The van der Waals surface area contributed by atoms with Gasteiger partial charge in [0, 0.05) is 16.3 Å². The van der Waals surface area contributed by atoms with Crippen LogP contribution < -0.4 is 20.7 Å². The minimum absolute atomic E-state index is 0.110. The van der Waals surface area contributed by atoms with Crippen molar-refractivity contribution in [2.24, 2.45) is 5.73 Å². The highest BCUT2D eigenvalue weighted by Crippen LogP contribution is 2.15. The summed E-state index contributed by atoms with van der Waals surface area (Å²) in [5.74, 6) is 0.135. The van der Waals surface area contributed by atoms with Crippen LogP contribution in [-0.2, 0) is 4.79 Å². The Kier molecular flexibility index (Phi) is 7.00. The van der Waals surface area contributed by atoms with Crippen LogP contribution in [0.15, 0.2) is 48.5 Å². The van der Waals surface area contributed by atoms with Crippen molar-refractivity contribution in [2.75, 3.05) is 25.5 Å². The summed E-state index contributed by atoms with van der Waals surface area (Å²) in [6.45, 7) is 3.00. The van der Waals surface area contributed by atoms with Crippen LogP contribution in [0.4, 0.5) is 5.69 Å². The molecule has 26 heavy (non-hydrogen) atoms. The van der Waals surface area contributed by atoms with Gasteiger partial charge in [-0.25, -0.2) is 0 Å². The normalized spacial score (nSPS) is 12.9. The summed E-state index contributed by atoms with van der Waals surface area (Å²) < 4.78 is 5.66. The average molecular weight is 377 g/mol. The summed E-state index contributed by atoms with van der Waals surface area (Å²) >= 11 is 5.84. The Morgan fingerprint density at radius 2 is 1.77 bits per heavy atom. The van der Waals surface area contributed by atoms with Crippen molar-refractivity contribution >= 4 is 29.1 Å². The van der Waals surface area contributed by atoms with E-state index in [1.807, 2.05) is 26.1 Å². The van der Waals surface area contributed by atoms with Crippen LogP contribution in [0.5, 0.6) is 5.75 Å². The molecule has 4 N–H and O–H groups in total. The fraction of sp³-hybridized carbons (Fsp3) is 0.263. The lowest BCUT2D eigenvalue weighted by Crippen LogP contribution is -3.14. The molecule has 2 amide bonds. The number of hydrogen-bond donors (Lipinski definition) is 3. The van der Waals surface area contributed by atoms with Gasteiger partial charge in [0.1, 0.15) is 18.9 Å². The first-order valence-corrected chi connectivity index (χ1v) is 8.66. The number of likely N-dealkylation sites (N-methyl/N-ethyl adjacent to an activating group) is 1. The van der Waals surface area contributed by atoms with Gasteiger partial charge in [0.2, 0.25) is 5.91 Å². The van der Waals surface area contributed by atoms with E-state index in [1.165, 1.54) is 0 Å². The Bertz CT molecular complexity index is 748. The first-order chi connectivity index (χ1) is 12.4. The monoisotopic (exact) mass is 376 g/mol. The summed E-state index contributed by atoms with van der Waals surface area (Å²) in [6, 6.07) is 13.4. The molecule has 7 heteroatoms. The van der Waals surface area contributed by atoms with Gasteiger partial charge in [-0.1, -0.05) is 11.6 Å². The maximum Gasteiger partial charge on any atom is 0.282 e. The maximum absolute atomic E-state index is 12.4. The molecule has 0 fully saturated rings. The van der Waals surface area contributed by atoms with Crippen LogP contribution in [0.2, 0.25) is 5.02 Å². The number of anilines is 1. The number of nitrogens with one attached hydrogen (secondary N) is 2. The summed E-state index contributed by atoms with van der Waals surface area (Å²) in [5, 5.41) is 3.50. The number of carbonyl (C=O) groups is 2. The molecule has 0 saturated carbocycles. The van der Waals surface area contributed by atoms with Gasteiger partial charge < -0.3 is 20.7 Å². The molecule has 0 bridgehead atoms. The second-order valence-corrected chi connectivity index (χ2v) is 6.49. The van der Waals surface area contributed by atoms with E-state index >= 15 is 0 Å². The van der Waals surface area contributed by atoms with Crippen molar-refractivity contribution < 1.29 is 19.2 Å². The van der Waals surface area contributed by atoms with E-state index in [1.54, 1.807) is 36.4 Å². The molecule has 0 aromatic heterocycles. The molecule has 2 rings (SSSR count). The summed E-state index contributed by atoms with van der Waals surface area (Å²) in [4.78, 5) is 24.4. The van der Waals surface area contributed by atoms with E-state index in [0.29, 0.717) is 29.4 Å². The van der Waals surface area contributed by atoms with Gasteiger partial charge in [0.25, 0.3) is 5.91 Å². The van der Waals surface area contributed by atoms with Gasteiger partial charge in [0.05, 0.1) is 7.05 Å². The highest BCUT2D eigenvalue weighted by molar-refractivity contribution is 6.30. The number of primary amides is 1. The van der Waals surface area contributed by atoms with Crippen molar-refractivity contribution in [1.82, 2.24) is 0 Å². The third kappa shape index (κ3) is 5.75. The average Bonchev–Trinajstić information content (AvgIpc) is 2.63. The van der Waals surface area contributed by atoms with Crippen LogP contribution in [-0.4, -0.2) is 38.1 Å². The van der Waals surface area contributed by atoms with E-state index in [9.17, 15) is 9.59 Å². The molecule has 6 nitrogen and oxygen atoms in total. The van der Waals surface area contributed by atoms with Gasteiger partial charge in [-0.2, -0.15) is 0 Å². The Balaban J connectivity index is 1.80. The molecule has 2 aromatic carbocycles. The number of hydrogen-bond acceptors (Lipinski definition) is 3. The number of nitrogens with two attached hydrogens (primary N) is 1. The van der Waals surface area contributed by atoms with Crippen LogP contribution in [0, 0.1) is 0 Å². The van der Waals surface area contributed by atoms with E-state index in [2.05, 4.69) is 5.32 Å². The smallest absolute Gasteiger partial charge is 0.282 e. The first-order valence-electron chi connectivity index (χ1n) is 8.28. The minimum Gasteiger partial charge on any atom is -0.488 e. The quantitative estimate of drug-likeness (QED) is 0.650. The van der Waals surface area contributed by atoms with Gasteiger partial charge in [-0.15, -0.1) is 0 Å². The molecule has 0 radical (unpaired) electrons. The fourth-order valence-electron chi connectivity index (χ4n) is 2.27. The van der Waals surface area contributed by atoms with E-state index in [0.717, 1.165) is 10.6 Å². The van der Waals surface area contributed by atoms with Gasteiger partial charge in [0.15, 0.2) is 6.04 Å². The molecule has 0 aliphatic heterocycles. The second-order valence-electron chi connectivity index (χ2n) is 6.05. The maximum atomic E-state index is 12.4. The summed E-state index contributed by atoms with van der Waals surface area (Å²) in [5.41, 5.74) is 6.22. The molecular formula is C19H23ClN3O3+. The molecule has 2 atom stereocenters. The zero-order chi connectivity index (χ0) is 19.1. The molecule has 0 heterocycles. The summed E-state index contributed by atoms with van der Waals surface area (Å²) in [7, 11) is 1.94. The van der Waals surface area contributed by atoms with Crippen molar-refractivity contribution in [3.05, 3.63) is 59.1 Å². The predicted molar refractivity (Wildman–Crippen MR) is 102 cm³/mol. The number of ether oxygens (including phenoxy) is 1. The Morgan fingerprint density at radius 3 is 2.35 bits per heavy atom. The highest BCUT2D eigenvalue weighted by atomic mass is 35.5. The van der Waals surface area contributed by atoms with Crippen molar-refractivity contribution in [2.45, 2.75) is 13.0 Å². The third-order valence-corrected chi connectivity index (χ3v) is 4.40. The van der Waals surface area contributed by atoms with Crippen LogP contribution in [0.1, 0.15) is 17.3 Å². The van der Waals surface area contributed by atoms with Gasteiger partial charge in [-0.3, -0.25) is 9.59 Å². The fourth-order valence-corrected chi connectivity index (χ4v) is 2.40. The van der Waals surface area contributed by atoms with E-state index in [4.69, 9.17) is 22.1 Å². The number of amides is 2. The third-order valence-electron chi connectivity index (χ3n) is 4.15. The molecular weight excluding hydrogens is 354 g/mol. The number of carbonyl (C=O) groups excluding carboxylic acids is 2. The van der Waals surface area contributed by atoms with Crippen LogP contribution in [0.3, 0.4) is 0 Å². The van der Waals surface area contributed by atoms with Crippen molar-refractivity contribution in [3.8, 4) is 5.75 Å². The lowest BCUT2D eigenvalue weighted by molar-refractivity contribution is -0.894. The molecule has 138 valence electrons. The Labute approximate surface area is 157 Å². The van der Waals surface area contributed by atoms with Crippen molar-refractivity contribution in [1.29, 1.82) is 0 Å². The number of quaternary nitrogens is 1. The first kappa shape index (κ1) is 19.8. The number of rotatable bonds is 8. The lowest BCUT2D eigenvalue weighted by Gasteiger charge is -2.21. The standard InChI is InChI=1S/C19H22ClN3O3/c1-13(19(25)22-16-7-3-14(4-8-16)18(21)24)23(2)11-12-26-17-9-5-15(20)6-10-17/h3-10,13H,11-12H2,1-2H3,(H2,21,24)(H,22,25)/p+1/t13-/m0/s1.